The van der Waals surface area contributed by atoms with Crippen LogP contribution in [0, 0.1) is 0 Å². The second-order valence-corrected chi connectivity index (χ2v) is 3.44. The zero-order chi connectivity index (χ0) is 9.90. The maximum Gasteiger partial charge on any atom is 0.381 e. The van der Waals surface area contributed by atoms with Crippen molar-refractivity contribution < 1.29 is 13.9 Å². The van der Waals surface area contributed by atoms with Crippen LogP contribution in [0.1, 0.15) is 0 Å². The lowest BCUT2D eigenvalue weighted by atomic mass is 10.3. The highest BCUT2D eigenvalue weighted by molar-refractivity contribution is 6.56. The second kappa shape index (κ2) is 3.94. The molecular weight excluding hydrogens is 218 g/mol. The van der Waals surface area contributed by atoms with E-state index in [1.54, 1.807) is 18.2 Å². The molecule has 1 rings (SSSR count). The number of ether oxygens (including phenoxy) is 1. The fourth-order valence-corrected chi connectivity index (χ4v) is 0.731. The average Bonchev–Trinajstić information content (AvgIpc) is 2.04. The second-order valence-electron chi connectivity index (χ2n) is 2.20. The number of carbonyl (C=O) groups is 1. The van der Waals surface area contributed by atoms with Crippen molar-refractivity contribution in [1.82, 2.24) is 0 Å². The van der Waals surface area contributed by atoms with Crippen molar-refractivity contribution in [3.63, 3.8) is 0 Å². The minimum absolute atomic E-state index is 0.191. The molecule has 0 saturated heterocycles. The monoisotopic (exact) mass is 222 g/mol. The van der Waals surface area contributed by atoms with Crippen molar-refractivity contribution >= 4 is 29.2 Å². The van der Waals surface area contributed by atoms with Crippen LogP contribution in [0.25, 0.3) is 0 Å². The molecule has 13 heavy (non-hydrogen) atoms. The van der Waals surface area contributed by atoms with Gasteiger partial charge in [-0.25, -0.2) is 4.79 Å². The van der Waals surface area contributed by atoms with Gasteiger partial charge in [-0.3, -0.25) is 0 Å². The lowest BCUT2D eigenvalue weighted by molar-refractivity contribution is -0.138. The molecule has 0 bridgehead atoms. The number of hydrogen-bond donors (Lipinski definition) is 0. The standard InChI is InChI=1S/C8H5Cl2FO2/c9-8(10,11)7(12)13-6-4-2-1-3-5-6/h1-5H. The Bertz CT molecular complexity index is 295. The van der Waals surface area contributed by atoms with Gasteiger partial charge in [0.25, 0.3) is 0 Å². The van der Waals surface area contributed by atoms with Gasteiger partial charge in [-0.05, 0) is 12.1 Å². The molecule has 5 heteroatoms. The van der Waals surface area contributed by atoms with Gasteiger partial charge in [-0.2, -0.15) is 4.39 Å². The molecule has 0 radical (unpaired) electrons. The molecular formula is C8H5Cl2FO2. The van der Waals surface area contributed by atoms with Gasteiger partial charge in [0.2, 0.25) is 0 Å². The van der Waals surface area contributed by atoms with Crippen LogP contribution in [0.15, 0.2) is 30.3 Å². The van der Waals surface area contributed by atoms with Crippen LogP contribution in [0.3, 0.4) is 0 Å². The summed E-state index contributed by atoms with van der Waals surface area (Å²) >= 11 is 9.72. The van der Waals surface area contributed by atoms with Crippen molar-refractivity contribution in [3.05, 3.63) is 30.3 Å². The molecule has 0 aliphatic heterocycles. The summed E-state index contributed by atoms with van der Waals surface area (Å²) in [6, 6.07) is 7.95. The van der Waals surface area contributed by atoms with Crippen molar-refractivity contribution in [2.24, 2.45) is 0 Å². The van der Waals surface area contributed by atoms with E-state index in [-0.39, 0.29) is 5.75 Å². The molecule has 0 aliphatic carbocycles. The number of carbonyl (C=O) groups excluding carboxylic acids is 1. The average molecular weight is 223 g/mol. The first-order valence-corrected chi connectivity index (χ1v) is 4.10. The van der Waals surface area contributed by atoms with Gasteiger partial charge in [0.1, 0.15) is 5.75 Å². The third kappa shape index (κ3) is 3.20. The fourth-order valence-electron chi connectivity index (χ4n) is 0.653. The molecule has 0 N–H and O–H groups in total. The first-order valence-electron chi connectivity index (χ1n) is 3.34. The maximum absolute atomic E-state index is 12.5. The largest absolute Gasteiger partial charge is 0.422 e. The predicted molar refractivity (Wildman–Crippen MR) is 47.6 cm³/mol. The van der Waals surface area contributed by atoms with E-state index in [4.69, 9.17) is 23.2 Å². The van der Waals surface area contributed by atoms with E-state index in [0.717, 1.165) is 0 Å². The summed E-state index contributed by atoms with van der Waals surface area (Å²) in [7, 11) is 0. The summed E-state index contributed by atoms with van der Waals surface area (Å²) in [6.07, 6.45) is 0. The summed E-state index contributed by atoms with van der Waals surface area (Å²) in [4.78, 5) is 10.8. The van der Waals surface area contributed by atoms with Gasteiger partial charge in [0.05, 0.1) is 0 Å². The van der Waals surface area contributed by atoms with Crippen LogP contribution in [-0.2, 0) is 4.79 Å². The van der Waals surface area contributed by atoms with E-state index < -0.39 is 10.6 Å². The summed E-state index contributed by atoms with van der Waals surface area (Å²) in [5.41, 5.74) is 0. The summed E-state index contributed by atoms with van der Waals surface area (Å²) < 4.78 is 14.0. The van der Waals surface area contributed by atoms with Gasteiger partial charge in [-0.15, -0.1) is 0 Å². The Labute approximate surface area is 84.2 Å². The smallest absolute Gasteiger partial charge is 0.381 e. The van der Waals surface area contributed by atoms with Gasteiger partial charge >= 0.3 is 10.6 Å². The predicted octanol–water partition coefficient (Wildman–Crippen LogP) is 2.69. The van der Waals surface area contributed by atoms with Crippen LogP contribution in [0.2, 0.25) is 0 Å². The molecule has 0 aromatic heterocycles. The zero-order valence-corrected chi connectivity index (χ0v) is 7.85. The Balaban J connectivity index is 2.66. The number of rotatable bonds is 2. The van der Waals surface area contributed by atoms with Crippen molar-refractivity contribution in [2.75, 3.05) is 0 Å². The third-order valence-electron chi connectivity index (χ3n) is 1.19. The molecule has 0 heterocycles. The van der Waals surface area contributed by atoms with E-state index >= 15 is 0 Å². The molecule has 0 spiro atoms. The van der Waals surface area contributed by atoms with Crippen molar-refractivity contribution in [3.8, 4) is 5.75 Å². The highest BCUT2D eigenvalue weighted by Gasteiger charge is 2.35. The van der Waals surface area contributed by atoms with Crippen LogP contribution in [0.4, 0.5) is 4.39 Å². The maximum atomic E-state index is 12.5. The quantitative estimate of drug-likeness (QED) is 0.437. The molecule has 2 nitrogen and oxygen atoms in total. The third-order valence-corrected chi connectivity index (χ3v) is 1.49. The highest BCUT2D eigenvalue weighted by atomic mass is 35.5. The van der Waals surface area contributed by atoms with E-state index in [9.17, 15) is 9.18 Å². The molecule has 1 aromatic carbocycles. The molecule has 0 fully saturated rings. The number of para-hydroxylation sites is 1. The van der Waals surface area contributed by atoms with Crippen LogP contribution in [0.5, 0.6) is 5.75 Å². The number of alkyl halides is 3. The summed E-state index contributed by atoms with van der Waals surface area (Å²) in [5, 5.41) is 0. The SMILES string of the molecule is O=C(Oc1ccccc1)C(F)(Cl)Cl. The fraction of sp³-hybridized carbons (Fsp3) is 0.125. The molecule has 0 aliphatic rings. The van der Waals surface area contributed by atoms with Crippen LogP contribution in [-0.4, -0.2) is 10.6 Å². The summed E-state index contributed by atoms with van der Waals surface area (Å²) in [6.45, 7) is 0. The Hall–Kier alpha value is -0.800. The molecule has 0 unspecified atom stereocenters. The number of hydrogen-bond acceptors (Lipinski definition) is 2. The van der Waals surface area contributed by atoms with Crippen molar-refractivity contribution in [2.45, 2.75) is 4.59 Å². The van der Waals surface area contributed by atoms with Gasteiger partial charge in [-0.1, -0.05) is 41.4 Å². The number of halogens is 3. The first kappa shape index (κ1) is 10.3. The normalized spacial score (nSPS) is 11.0. The Kier molecular flexibility index (Phi) is 3.12. The number of esters is 1. The van der Waals surface area contributed by atoms with Crippen molar-refractivity contribution in [1.29, 1.82) is 0 Å². The van der Waals surface area contributed by atoms with Crippen LogP contribution >= 0.6 is 23.2 Å². The molecule has 0 saturated carbocycles. The Morgan fingerprint density at radius 2 is 1.85 bits per heavy atom. The van der Waals surface area contributed by atoms with Crippen LogP contribution < -0.4 is 4.74 Å². The minimum atomic E-state index is -3.00. The minimum Gasteiger partial charge on any atom is -0.422 e. The number of benzene rings is 1. The lowest BCUT2D eigenvalue weighted by Gasteiger charge is -2.08. The highest BCUT2D eigenvalue weighted by Crippen LogP contribution is 2.25. The molecule has 0 amide bonds. The molecule has 70 valence electrons. The van der Waals surface area contributed by atoms with Gasteiger partial charge in [0, 0.05) is 0 Å². The molecule has 1 aromatic rings. The van der Waals surface area contributed by atoms with E-state index in [1.165, 1.54) is 12.1 Å². The topological polar surface area (TPSA) is 26.3 Å². The molecule has 0 atom stereocenters. The van der Waals surface area contributed by atoms with E-state index in [2.05, 4.69) is 4.74 Å². The van der Waals surface area contributed by atoms with Gasteiger partial charge in [0.15, 0.2) is 0 Å². The Morgan fingerprint density at radius 3 is 2.31 bits per heavy atom. The Morgan fingerprint density at radius 1 is 1.31 bits per heavy atom. The van der Waals surface area contributed by atoms with Gasteiger partial charge < -0.3 is 4.74 Å². The lowest BCUT2D eigenvalue weighted by Crippen LogP contribution is -2.25. The first-order chi connectivity index (χ1) is 6.00. The van der Waals surface area contributed by atoms with E-state index in [0.29, 0.717) is 0 Å². The zero-order valence-electron chi connectivity index (χ0n) is 6.34. The summed E-state index contributed by atoms with van der Waals surface area (Å²) in [5.74, 6) is -1.15. The van der Waals surface area contributed by atoms with E-state index in [1.807, 2.05) is 0 Å².